The number of hydrogen-bond acceptors (Lipinski definition) is 3. The molecule has 1 aromatic heterocycles. The van der Waals surface area contributed by atoms with Gasteiger partial charge in [0.15, 0.2) is 0 Å². The van der Waals surface area contributed by atoms with Gasteiger partial charge in [0.25, 0.3) is 0 Å². The van der Waals surface area contributed by atoms with Crippen LogP contribution in [-0.4, -0.2) is 16.5 Å². The molecular weight excluding hydrogens is 246 g/mol. The Bertz CT molecular complexity index is 547. The minimum atomic E-state index is 0.928. The minimum Gasteiger partial charge on any atom is -0.370 e. The topological polar surface area (TPSA) is 37.8 Å². The summed E-state index contributed by atoms with van der Waals surface area (Å²) in [6.07, 6.45) is 4.74. The van der Waals surface area contributed by atoms with Crippen molar-refractivity contribution in [3.05, 3.63) is 41.7 Å². The summed E-state index contributed by atoms with van der Waals surface area (Å²) in [5.41, 5.74) is 4.76. The van der Waals surface area contributed by atoms with E-state index >= 15 is 0 Å². The number of nitrogens with zero attached hydrogens (tertiary/aromatic N) is 2. The molecule has 2 rings (SSSR count). The van der Waals surface area contributed by atoms with Gasteiger partial charge in [-0.1, -0.05) is 45.0 Å². The lowest BCUT2D eigenvalue weighted by Gasteiger charge is -2.13. The Balaban J connectivity index is 2.38. The van der Waals surface area contributed by atoms with E-state index < -0.39 is 0 Å². The van der Waals surface area contributed by atoms with Crippen molar-refractivity contribution in [2.45, 2.75) is 40.0 Å². The quantitative estimate of drug-likeness (QED) is 0.858. The average Bonchev–Trinajstić information content (AvgIpc) is 2.52. The van der Waals surface area contributed by atoms with E-state index in [1.54, 1.807) is 6.33 Å². The summed E-state index contributed by atoms with van der Waals surface area (Å²) in [5.74, 6) is 0.971. The van der Waals surface area contributed by atoms with Gasteiger partial charge < -0.3 is 5.32 Å². The monoisotopic (exact) mass is 269 g/mol. The summed E-state index contributed by atoms with van der Waals surface area (Å²) in [5, 5.41) is 3.40. The van der Waals surface area contributed by atoms with E-state index in [9.17, 15) is 0 Å². The molecule has 0 atom stereocenters. The lowest BCUT2D eigenvalue weighted by Crippen LogP contribution is -2.07. The third-order valence-corrected chi connectivity index (χ3v) is 3.48. The van der Waals surface area contributed by atoms with E-state index in [-0.39, 0.29) is 0 Å². The molecule has 3 heteroatoms. The van der Waals surface area contributed by atoms with Gasteiger partial charge >= 0.3 is 0 Å². The van der Waals surface area contributed by atoms with Crippen LogP contribution in [0.5, 0.6) is 0 Å². The van der Waals surface area contributed by atoms with Crippen LogP contribution < -0.4 is 5.32 Å². The Morgan fingerprint density at radius 3 is 2.30 bits per heavy atom. The van der Waals surface area contributed by atoms with Gasteiger partial charge in [0, 0.05) is 17.7 Å². The van der Waals surface area contributed by atoms with Crippen LogP contribution in [0, 0.1) is 0 Å². The average molecular weight is 269 g/mol. The van der Waals surface area contributed by atoms with Crippen LogP contribution >= 0.6 is 0 Å². The summed E-state index contributed by atoms with van der Waals surface area (Å²) in [4.78, 5) is 8.88. The molecule has 0 aliphatic heterocycles. The van der Waals surface area contributed by atoms with Gasteiger partial charge in [-0.05, 0) is 24.8 Å². The van der Waals surface area contributed by atoms with E-state index in [1.165, 1.54) is 16.7 Å². The molecule has 0 saturated carbocycles. The molecule has 0 spiro atoms. The van der Waals surface area contributed by atoms with Crippen molar-refractivity contribution in [2.75, 3.05) is 11.9 Å². The van der Waals surface area contributed by atoms with Crippen LogP contribution in [-0.2, 0) is 12.8 Å². The van der Waals surface area contributed by atoms with E-state index in [1.807, 2.05) is 0 Å². The Hall–Kier alpha value is -1.90. The van der Waals surface area contributed by atoms with Crippen molar-refractivity contribution < 1.29 is 0 Å². The summed E-state index contributed by atoms with van der Waals surface area (Å²) in [7, 11) is 0. The molecule has 3 nitrogen and oxygen atoms in total. The molecular formula is C17H23N3. The van der Waals surface area contributed by atoms with E-state index in [4.69, 9.17) is 0 Å². The molecule has 0 aliphatic carbocycles. The lowest BCUT2D eigenvalue weighted by atomic mass is 10.0. The van der Waals surface area contributed by atoms with Gasteiger partial charge in [-0.25, -0.2) is 9.97 Å². The number of rotatable bonds is 6. The third-order valence-electron chi connectivity index (χ3n) is 3.48. The SMILES string of the molecule is CCCNc1ncnc(-c2ccc(CC)cc2)c1CC. The molecule has 0 aliphatic rings. The Labute approximate surface area is 121 Å². The van der Waals surface area contributed by atoms with Crippen LogP contribution in [0.3, 0.4) is 0 Å². The molecule has 1 N–H and O–H groups in total. The Kier molecular flexibility index (Phi) is 5.10. The first-order valence-electron chi connectivity index (χ1n) is 7.47. The fourth-order valence-corrected chi connectivity index (χ4v) is 2.29. The summed E-state index contributed by atoms with van der Waals surface area (Å²) >= 11 is 0. The lowest BCUT2D eigenvalue weighted by molar-refractivity contribution is 0.949. The highest BCUT2D eigenvalue weighted by atomic mass is 15.0. The van der Waals surface area contributed by atoms with Crippen molar-refractivity contribution in [1.82, 2.24) is 9.97 Å². The zero-order valence-corrected chi connectivity index (χ0v) is 12.6. The molecule has 0 radical (unpaired) electrons. The van der Waals surface area contributed by atoms with E-state index in [2.05, 4.69) is 60.3 Å². The van der Waals surface area contributed by atoms with E-state index in [0.29, 0.717) is 0 Å². The van der Waals surface area contributed by atoms with Crippen LogP contribution in [0.15, 0.2) is 30.6 Å². The highest BCUT2D eigenvalue weighted by Crippen LogP contribution is 2.26. The van der Waals surface area contributed by atoms with Crippen molar-refractivity contribution in [1.29, 1.82) is 0 Å². The third kappa shape index (κ3) is 3.16. The zero-order valence-electron chi connectivity index (χ0n) is 12.6. The fraction of sp³-hybridized carbons (Fsp3) is 0.412. The van der Waals surface area contributed by atoms with Crippen molar-refractivity contribution in [2.24, 2.45) is 0 Å². The predicted molar refractivity (Wildman–Crippen MR) is 85.0 cm³/mol. The van der Waals surface area contributed by atoms with Gasteiger partial charge in [0.2, 0.25) is 0 Å². The molecule has 0 saturated heterocycles. The first-order valence-corrected chi connectivity index (χ1v) is 7.47. The van der Waals surface area contributed by atoms with Crippen molar-refractivity contribution in [3.63, 3.8) is 0 Å². The number of nitrogens with one attached hydrogen (secondary N) is 1. The maximum Gasteiger partial charge on any atom is 0.133 e. The number of aromatic nitrogens is 2. The van der Waals surface area contributed by atoms with Gasteiger partial charge in [0.1, 0.15) is 12.1 Å². The number of aryl methyl sites for hydroxylation is 1. The minimum absolute atomic E-state index is 0.928. The second-order valence-electron chi connectivity index (χ2n) is 4.88. The smallest absolute Gasteiger partial charge is 0.133 e. The standard InChI is InChI=1S/C17H23N3/c1-4-11-18-17-15(6-3)16(19-12-20-17)14-9-7-13(5-2)8-10-14/h7-10,12H,4-6,11H2,1-3H3,(H,18,19,20). The molecule has 2 aromatic rings. The van der Waals surface area contributed by atoms with Gasteiger partial charge in [-0.2, -0.15) is 0 Å². The van der Waals surface area contributed by atoms with Crippen LogP contribution in [0.1, 0.15) is 38.3 Å². The molecule has 0 fully saturated rings. The second-order valence-corrected chi connectivity index (χ2v) is 4.88. The Morgan fingerprint density at radius 2 is 1.70 bits per heavy atom. The molecule has 0 bridgehead atoms. The number of benzene rings is 1. The van der Waals surface area contributed by atoms with Crippen LogP contribution in [0.25, 0.3) is 11.3 Å². The van der Waals surface area contributed by atoms with Crippen molar-refractivity contribution in [3.8, 4) is 11.3 Å². The number of anilines is 1. The van der Waals surface area contributed by atoms with Crippen LogP contribution in [0.2, 0.25) is 0 Å². The zero-order chi connectivity index (χ0) is 14.4. The fourth-order valence-electron chi connectivity index (χ4n) is 2.29. The van der Waals surface area contributed by atoms with Crippen molar-refractivity contribution >= 4 is 5.82 Å². The molecule has 20 heavy (non-hydrogen) atoms. The molecule has 0 amide bonds. The maximum absolute atomic E-state index is 4.49. The summed E-state index contributed by atoms with van der Waals surface area (Å²) < 4.78 is 0. The highest BCUT2D eigenvalue weighted by molar-refractivity contribution is 5.68. The summed E-state index contributed by atoms with van der Waals surface area (Å²) in [6.45, 7) is 7.42. The second kappa shape index (κ2) is 7.04. The number of hydrogen-bond donors (Lipinski definition) is 1. The molecule has 1 heterocycles. The summed E-state index contributed by atoms with van der Waals surface area (Å²) in [6, 6.07) is 8.67. The normalized spacial score (nSPS) is 10.6. The van der Waals surface area contributed by atoms with Gasteiger partial charge in [-0.15, -0.1) is 0 Å². The molecule has 1 aromatic carbocycles. The van der Waals surface area contributed by atoms with Gasteiger partial charge in [0.05, 0.1) is 5.69 Å². The van der Waals surface area contributed by atoms with Gasteiger partial charge in [-0.3, -0.25) is 0 Å². The Morgan fingerprint density at radius 1 is 0.950 bits per heavy atom. The van der Waals surface area contributed by atoms with E-state index in [0.717, 1.165) is 37.3 Å². The molecule has 0 unspecified atom stereocenters. The maximum atomic E-state index is 4.49. The predicted octanol–water partition coefficient (Wildman–Crippen LogP) is 4.09. The first kappa shape index (κ1) is 14.5. The van der Waals surface area contributed by atoms with Crippen LogP contribution in [0.4, 0.5) is 5.82 Å². The first-order chi connectivity index (χ1) is 9.80. The highest BCUT2D eigenvalue weighted by Gasteiger charge is 2.11. The largest absolute Gasteiger partial charge is 0.370 e. The molecule has 106 valence electrons.